The van der Waals surface area contributed by atoms with Gasteiger partial charge in [0, 0.05) is 26.2 Å². The highest BCUT2D eigenvalue weighted by Gasteiger charge is 1.93. The molecule has 2 saturated heterocycles. The lowest BCUT2D eigenvalue weighted by molar-refractivity contribution is 0.573. The van der Waals surface area contributed by atoms with E-state index in [2.05, 4.69) is 21.5 Å². The van der Waals surface area contributed by atoms with Crippen molar-refractivity contribution < 1.29 is 0 Å². The van der Waals surface area contributed by atoms with Crippen molar-refractivity contribution in [1.82, 2.24) is 21.5 Å². The Morgan fingerprint density at radius 1 is 0.429 bits per heavy atom. The molecule has 0 unspecified atom stereocenters. The third-order valence-electron chi connectivity index (χ3n) is 2.41. The molecule has 2 fully saturated rings. The lowest BCUT2D eigenvalue weighted by atomic mass is 10.2. The first-order valence-corrected chi connectivity index (χ1v) is 5.87. The van der Waals surface area contributed by atoms with Crippen LogP contribution in [0.4, 0.5) is 0 Å². The first kappa shape index (κ1) is 11.9. The molecule has 2 rings (SSSR count). The first-order valence-electron chi connectivity index (χ1n) is 5.87. The van der Waals surface area contributed by atoms with E-state index in [-0.39, 0.29) is 0 Å². The van der Waals surface area contributed by atoms with Crippen molar-refractivity contribution >= 4 is 0 Å². The molecule has 0 atom stereocenters. The fourth-order valence-corrected chi connectivity index (χ4v) is 1.55. The molecule has 84 valence electrons. The molecule has 0 aromatic rings. The molecule has 4 N–H and O–H groups in total. The molecule has 0 aliphatic carbocycles. The number of hydrogen-bond acceptors (Lipinski definition) is 4. The van der Waals surface area contributed by atoms with Crippen molar-refractivity contribution in [2.45, 2.75) is 25.7 Å². The van der Waals surface area contributed by atoms with E-state index in [9.17, 15) is 0 Å². The minimum atomic E-state index is 1.14. The zero-order valence-corrected chi connectivity index (χ0v) is 9.07. The van der Waals surface area contributed by atoms with Crippen molar-refractivity contribution in [3.05, 3.63) is 0 Å². The van der Waals surface area contributed by atoms with Crippen LogP contribution in [0.2, 0.25) is 0 Å². The predicted molar refractivity (Wildman–Crippen MR) is 60.2 cm³/mol. The summed E-state index contributed by atoms with van der Waals surface area (Å²) in [6.45, 7) is 6.93. The normalized spacial score (nSPS) is 24.0. The Hall–Kier alpha value is -0.160. The van der Waals surface area contributed by atoms with Crippen LogP contribution in [-0.2, 0) is 0 Å². The zero-order valence-electron chi connectivity index (χ0n) is 9.07. The van der Waals surface area contributed by atoms with E-state index >= 15 is 0 Å². The van der Waals surface area contributed by atoms with Crippen LogP contribution in [0.15, 0.2) is 0 Å². The van der Waals surface area contributed by atoms with Gasteiger partial charge < -0.3 is 10.6 Å². The highest BCUT2D eigenvalue weighted by atomic mass is 15.3. The van der Waals surface area contributed by atoms with Crippen molar-refractivity contribution in [3.63, 3.8) is 0 Å². The summed E-state index contributed by atoms with van der Waals surface area (Å²) in [4.78, 5) is 0. The fraction of sp³-hybridized carbons (Fsp3) is 1.00. The molecule has 0 bridgehead atoms. The average Bonchev–Trinajstić information content (AvgIpc) is 2.68. The van der Waals surface area contributed by atoms with Gasteiger partial charge in [-0.1, -0.05) is 6.42 Å². The highest BCUT2D eigenvalue weighted by molar-refractivity contribution is 4.58. The molecule has 0 aromatic heterocycles. The smallest absolute Gasteiger partial charge is 0.00997 e. The van der Waals surface area contributed by atoms with Crippen LogP contribution in [0, 0.1) is 0 Å². The van der Waals surface area contributed by atoms with Gasteiger partial charge in [-0.15, -0.1) is 0 Å². The van der Waals surface area contributed by atoms with Crippen molar-refractivity contribution in [3.8, 4) is 0 Å². The largest absolute Gasteiger partial charge is 0.315 e. The Morgan fingerprint density at radius 2 is 1.00 bits per heavy atom. The van der Waals surface area contributed by atoms with Crippen LogP contribution in [0.25, 0.3) is 0 Å². The van der Waals surface area contributed by atoms with E-state index in [1.54, 1.807) is 0 Å². The number of hydrogen-bond donors (Lipinski definition) is 4. The third-order valence-corrected chi connectivity index (χ3v) is 2.41. The Balaban J connectivity index is 0.000000140. The Morgan fingerprint density at radius 3 is 1.57 bits per heavy atom. The summed E-state index contributed by atoms with van der Waals surface area (Å²) in [6, 6.07) is 0. The molecule has 4 nitrogen and oxygen atoms in total. The maximum Gasteiger partial charge on any atom is 0.00997 e. The summed E-state index contributed by atoms with van der Waals surface area (Å²) in [5, 5.41) is 6.57. The van der Waals surface area contributed by atoms with Gasteiger partial charge in [0.1, 0.15) is 0 Å². The van der Waals surface area contributed by atoms with E-state index < -0.39 is 0 Å². The van der Waals surface area contributed by atoms with Gasteiger partial charge in [-0.2, -0.15) is 0 Å². The molecular formula is C10H24N4. The molecule has 14 heavy (non-hydrogen) atoms. The molecule has 2 aliphatic rings. The van der Waals surface area contributed by atoms with E-state index in [1.165, 1.54) is 38.8 Å². The zero-order chi connectivity index (χ0) is 9.90. The van der Waals surface area contributed by atoms with Crippen LogP contribution < -0.4 is 21.5 Å². The molecule has 0 radical (unpaired) electrons. The number of rotatable bonds is 0. The van der Waals surface area contributed by atoms with Gasteiger partial charge in [-0.25, -0.2) is 0 Å². The van der Waals surface area contributed by atoms with Crippen molar-refractivity contribution in [2.24, 2.45) is 0 Å². The second-order valence-electron chi connectivity index (χ2n) is 3.77. The maximum absolute atomic E-state index is 3.28. The number of hydrazine groups is 1. The van der Waals surface area contributed by atoms with Crippen LogP contribution >= 0.6 is 0 Å². The minimum absolute atomic E-state index is 1.14. The summed E-state index contributed by atoms with van der Waals surface area (Å²) in [7, 11) is 0. The van der Waals surface area contributed by atoms with Gasteiger partial charge in [0.05, 0.1) is 0 Å². The predicted octanol–water partition coefficient (Wildman–Crippen LogP) is -0.166. The Kier molecular flexibility index (Phi) is 8.00. The molecule has 2 aliphatic heterocycles. The lowest BCUT2D eigenvalue weighted by Crippen LogP contribution is -2.30. The van der Waals surface area contributed by atoms with Gasteiger partial charge in [-0.3, -0.25) is 10.9 Å². The fourth-order valence-electron chi connectivity index (χ4n) is 1.55. The monoisotopic (exact) mass is 200 g/mol. The van der Waals surface area contributed by atoms with Gasteiger partial charge >= 0.3 is 0 Å². The summed E-state index contributed by atoms with van der Waals surface area (Å²) in [5.74, 6) is 0. The standard InChI is InChI=1S/2C5H12N2/c1-2-6-4-5-7-3-1;1-2-4-6-7-5-3-1/h2*6-7H,1-5H2. The molecule has 0 amide bonds. The second-order valence-corrected chi connectivity index (χ2v) is 3.77. The van der Waals surface area contributed by atoms with Gasteiger partial charge in [0.2, 0.25) is 0 Å². The van der Waals surface area contributed by atoms with E-state index in [0.29, 0.717) is 0 Å². The maximum atomic E-state index is 3.28. The Bertz CT molecular complexity index is 65.4. The lowest BCUT2D eigenvalue weighted by Gasteiger charge is -1.95. The molecule has 2 heterocycles. The van der Waals surface area contributed by atoms with Crippen molar-refractivity contribution in [2.75, 3.05) is 39.3 Å². The SMILES string of the molecule is C1CCNNCC1.C1CNCCNC1. The summed E-state index contributed by atoms with van der Waals surface area (Å²) >= 11 is 0. The summed E-state index contributed by atoms with van der Waals surface area (Å²) in [5.41, 5.74) is 6.19. The molecular weight excluding hydrogens is 176 g/mol. The molecule has 0 spiro atoms. The average molecular weight is 200 g/mol. The third kappa shape index (κ3) is 7.26. The van der Waals surface area contributed by atoms with Gasteiger partial charge in [0.15, 0.2) is 0 Å². The highest BCUT2D eigenvalue weighted by Crippen LogP contribution is 1.93. The van der Waals surface area contributed by atoms with Gasteiger partial charge in [-0.05, 0) is 32.4 Å². The number of nitrogens with one attached hydrogen (secondary N) is 4. The minimum Gasteiger partial charge on any atom is -0.315 e. The second kappa shape index (κ2) is 9.40. The van der Waals surface area contributed by atoms with E-state index in [4.69, 9.17) is 0 Å². The topological polar surface area (TPSA) is 48.1 Å². The van der Waals surface area contributed by atoms with Crippen LogP contribution in [0.1, 0.15) is 25.7 Å². The van der Waals surface area contributed by atoms with E-state index in [0.717, 1.165) is 26.2 Å². The molecule has 4 heteroatoms. The summed E-state index contributed by atoms with van der Waals surface area (Å²) < 4.78 is 0. The van der Waals surface area contributed by atoms with Crippen LogP contribution in [0.3, 0.4) is 0 Å². The first-order chi connectivity index (χ1) is 7.00. The Labute approximate surface area is 87.2 Å². The molecule has 0 aromatic carbocycles. The van der Waals surface area contributed by atoms with Crippen LogP contribution in [-0.4, -0.2) is 39.3 Å². The van der Waals surface area contributed by atoms with Gasteiger partial charge in [0.25, 0.3) is 0 Å². The summed E-state index contributed by atoms with van der Waals surface area (Å²) in [6.07, 6.45) is 5.31. The molecule has 0 saturated carbocycles. The van der Waals surface area contributed by atoms with Crippen LogP contribution in [0.5, 0.6) is 0 Å². The quantitative estimate of drug-likeness (QED) is 0.439. The van der Waals surface area contributed by atoms with Crippen molar-refractivity contribution in [1.29, 1.82) is 0 Å². The van der Waals surface area contributed by atoms with E-state index in [1.807, 2.05) is 0 Å².